The quantitative estimate of drug-likeness (QED) is 0.506. The number of thiazole rings is 1. The first kappa shape index (κ1) is 18.8. The standard InChI is InChI=1S/C21H19N5O2S/c1-15-6-8-17(9-7-15)28-13-21-23-16(14-29-21)12-20(27)24-18-4-2-3-5-19(18)26-11-10-22-25-26/h2-11,14H,12-13H2,1H3,(H,24,27). The van der Waals surface area contributed by atoms with E-state index in [1.54, 1.807) is 17.1 Å². The van der Waals surface area contributed by atoms with Crippen LogP contribution in [-0.2, 0) is 17.8 Å². The molecule has 1 N–H and O–H groups in total. The monoisotopic (exact) mass is 405 g/mol. The number of nitrogens with zero attached hydrogens (tertiary/aromatic N) is 4. The molecule has 29 heavy (non-hydrogen) atoms. The van der Waals surface area contributed by atoms with E-state index in [-0.39, 0.29) is 12.3 Å². The lowest BCUT2D eigenvalue weighted by Crippen LogP contribution is -2.16. The zero-order chi connectivity index (χ0) is 20.1. The zero-order valence-electron chi connectivity index (χ0n) is 15.8. The first-order valence-corrected chi connectivity index (χ1v) is 9.94. The number of nitrogens with one attached hydrogen (secondary N) is 1. The molecule has 0 aliphatic heterocycles. The highest BCUT2D eigenvalue weighted by atomic mass is 32.1. The summed E-state index contributed by atoms with van der Waals surface area (Å²) in [6, 6.07) is 15.3. The van der Waals surface area contributed by atoms with Crippen LogP contribution in [0.4, 0.5) is 5.69 Å². The second-order valence-electron chi connectivity index (χ2n) is 6.42. The van der Waals surface area contributed by atoms with E-state index in [0.29, 0.717) is 18.0 Å². The first-order chi connectivity index (χ1) is 14.2. The van der Waals surface area contributed by atoms with Gasteiger partial charge in [0.15, 0.2) is 0 Å². The minimum atomic E-state index is -0.145. The number of rotatable bonds is 7. The van der Waals surface area contributed by atoms with Crippen molar-refractivity contribution in [1.82, 2.24) is 20.0 Å². The van der Waals surface area contributed by atoms with Crippen molar-refractivity contribution in [3.05, 3.63) is 82.6 Å². The Kier molecular flexibility index (Phi) is 5.62. The van der Waals surface area contributed by atoms with E-state index in [1.165, 1.54) is 16.9 Å². The minimum absolute atomic E-state index is 0.145. The predicted molar refractivity (Wildman–Crippen MR) is 111 cm³/mol. The lowest BCUT2D eigenvalue weighted by molar-refractivity contribution is -0.115. The maximum Gasteiger partial charge on any atom is 0.230 e. The van der Waals surface area contributed by atoms with E-state index >= 15 is 0 Å². The molecule has 0 spiro atoms. The number of hydrogen-bond acceptors (Lipinski definition) is 6. The normalized spacial score (nSPS) is 10.7. The van der Waals surface area contributed by atoms with Crippen LogP contribution in [-0.4, -0.2) is 25.9 Å². The molecule has 1 amide bonds. The van der Waals surface area contributed by atoms with Crippen molar-refractivity contribution in [1.29, 1.82) is 0 Å². The summed E-state index contributed by atoms with van der Waals surface area (Å²) in [6.07, 6.45) is 3.51. The van der Waals surface area contributed by atoms with Crippen LogP contribution in [0.15, 0.2) is 66.3 Å². The van der Waals surface area contributed by atoms with Gasteiger partial charge in [-0.05, 0) is 31.2 Å². The molecule has 0 saturated heterocycles. The Morgan fingerprint density at radius 2 is 2.00 bits per heavy atom. The van der Waals surface area contributed by atoms with Gasteiger partial charge in [0.05, 0.1) is 35.9 Å². The molecule has 0 aliphatic rings. The van der Waals surface area contributed by atoms with Gasteiger partial charge in [0.1, 0.15) is 17.4 Å². The number of para-hydroxylation sites is 2. The van der Waals surface area contributed by atoms with Gasteiger partial charge in [-0.15, -0.1) is 16.4 Å². The molecule has 2 heterocycles. The van der Waals surface area contributed by atoms with Crippen molar-refractivity contribution in [3.8, 4) is 11.4 Å². The van der Waals surface area contributed by atoms with Crippen LogP contribution in [0.1, 0.15) is 16.3 Å². The number of carbonyl (C=O) groups excluding carboxylic acids is 1. The van der Waals surface area contributed by atoms with E-state index in [2.05, 4.69) is 20.6 Å². The fourth-order valence-electron chi connectivity index (χ4n) is 2.75. The number of carbonyl (C=O) groups is 1. The molecule has 8 heteroatoms. The molecule has 0 radical (unpaired) electrons. The van der Waals surface area contributed by atoms with Gasteiger partial charge in [-0.25, -0.2) is 9.67 Å². The van der Waals surface area contributed by atoms with Crippen molar-refractivity contribution in [3.63, 3.8) is 0 Å². The SMILES string of the molecule is Cc1ccc(OCc2nc(CC(=O)Nc3ccccc3-n3ccnn3)cs2)cc1. The fraction of sp³-hybridized carbons (Fsp3) is 0.143. The van der Waals surface area contributed by atoms with Crippen molar-refractivity contribution < 1.29 is 9.53 Å². The Bertz CT molecular complexity index is 1090. The van der Waals surface area contributed by atoms with Crippen LogP contribution in [0.2, 0.25) is 0 Å². The van der Waals surface area contributed by atoms with Crippen molar-refractivity contribution in [2.45, 2.75) is 20.0 Å². The van der Waals surface area contributed by atoms with E-state index < -0.39 is 0 Å². The smallest absolute Gasteiger partial charge is 0.230 e. The lowest BCUT2D eigenvalue weighted by Gasteiger charge is -2.10. The molecule has 0 bridgehead atoms. The molecule has 0 unspecified atom stereocenters. The Labute approximate surface area is 172 Å². The summed E-state index contributed by atoms with van der Waals surface area (Å²) in [4.78, 5) is 17.0. The van der Waals surface area contributed by atoms with Crippen LogP contribution < -0.4 is 10.1 Å². The molecule has 4 rings (SSSR count). The molecule has 0 atom stereocenters. The fourth-order valence-corrected chi connectivity index (χ4v) is 3.46. The van der Waals surface area contributed by atoms with Crippen molar-refractivity contribution >= 4 is 22.9 Å². The number of aromatic nitrogens is 4. The topological polar surface area (TPSA) is 81.9 Å². The highest BCUT2D eigenvalue weighted by molar-refractivity contribution is 7.09. The lowest BCUT2D eigenvalue weighted by atomic mass is 10.2. The summed E-state index contributed by atoms with van der Waals surface area (Å²) >= 11 is 1.48. The summed E-state index contributed by atoms with van der Waals surface area (Å²) in [5, 5.41) is 13.4. The predicted octanol–water partition coefficient (Wildman–Crippen LogP) is 3.79. The number of anilines is 1. The highest BCUT2D eigenvalue weighted by Crippen LogP contribution is 2.20. The van der Waals surface area contributed by atoms with Gasteiger partial charge < -0.3 is 10.1 Å². The van der Waals surface area contributed by atoms with Crippen LogP contribution >= 0.6 is 11.3 Å². The molecule has 2 aromatic heterocycles. The van der Waals surface area contributed by atoms with E-state index in [1.807, 2.05) is 60.8 Å². The average Bonchev–Trinajstić information content (AvgIpc) is 3.40. The summed E-state index contributed by atoms with van der Waals surface area (Å²) in [5.74, 6) is 0.656. The summed E-state index contributed by atoms with van der Waals surface area (Å²) in [5.41, 5.74) is 3.32. The van der Waals surface area contributed by atoms with Crippen LogP contribution in [0.5, 0.6) is 5.75 Å². The van der Waals surface area contributed by atoms with Crippen LogP contribution in [0.3, 0.4) is 0 Å². The first-order valence-electron chi connectivity index (χ1n) is 9.06. The van der Waals surface area contributed by atoms with E-state index in [4.69, 9.17) is 4.74 Å². The maximum absolute atomic E-state index is 12.5. The highest BCUT2D eigenvalue weighted by Gasteiger charge is 2.12. The zero-order valence-corrected chi connectivity index (χ0v) is 16.6. The molecule has 4 aromatic rings. The second-order valence-corrected chi connectivity index (χ2v) is 7.37. The van der Waals surface area contributed by atoms with Gasteiger partial charge in [0, 0.05) is 5.38 Å². The van der Waals surface area contributed by atoms with Gasteiger partial charge in [0.2, 0.25) is 5.91 Å². The Morgan fingerprint density at radius 3 is 2.79 bits per heavy atom. The number of hydrogen-bond donors (Lipinski definition) is 1. The second kappa shape index (κ2) is 8.66. The third-order valence-electron chi connectivity index (χ3n) is 4.17. The largest absolute Gasteiger partial charge is 0.486 e. The maximum atomic E-state index is 12.5. The molecule has 146 valence electrons. The Hall–Kier alpha value is -3.52. The van der Waals surface area contributed by atoms with Gasteiger partial charge in [0.25, 0.3) is 0 Å². The van der Waals surface area contributed by atoms with Crippen molar-refractivity contribution in [2.75, 3.05) is 5.32 Å². The van der Waals surface area contributed by atoms with Gasteiger partial charge in [-0.2, -0.15) is 0 Å². The molecule has 0 aliphatic carbocycles. The average molecular weight is 405 g/mol. The third-order valence-corrected chi connectivity index (χ3v) is 5.04. The van der Waals surface area contributed by atoms with Crippen molar-refractivity contribution in [2.24, 2.45) is 0 Å². The van der Waals surface area contributed by atoms with Gasteiger partial charge in [-0.1, -0.05) is 35.0 Å². The Balaban J connectivity index is 1.36. The van der Waals surface area contributed by atoms with Crippen LogP contribution in [0.25, 0.3) is 5.69 Å². The molecule has 2 aromatic carbocycles. The van der Waals surface area contributed by atoms with E-state index in [0.717, 1.165) is 16.4 Å². The van der Waals surface area contributed by atoms with Gasteiger partial charge >= 0.3 is 0 Å². The molecule has 0 fully saturated rings. The van der Waals surface area contributed by atoms with Crippen LogP contribution in [0, 0.1) is 6.92 Å². The molecular formula is C21H19N5O2S. The summed E-state index contributed by atoms with van der Waals surface area (Å²) < 4.78 is 7.36. The van der Waals surface area contributed by atoms with E-state index in [9.17, 15) is 4.79 Å². The third kappa shape index (κ3) is 4.85. The molecule has 7 nitrogen and oxygen atoms in total. The molecular weight excluding hydrogens is 386 g/mol. The number of amides is 1. The number of benzene rings is 2. The van der Waals surface area contributed by atoms with Gasteiger partial charge in [-0.3, -0.25) is 4.79 Å². The Morgan fingerprint density at radius 1 is 1.17 bits per heavy atom. The summed E-state index contributed by atoms with van der Waals surface area (Å²) in [6.45, 7) is 2.41. The summed E-state index contributed by atoms with van der Waals surface area (Å²) in [7, 11) is 0. The minimum Gasteiger partial charge on any atom is -0.486 e. The number of ether oxygens (including phenoxy) is 1. The number of aryl methyl sites for hydroxylation is 1. The molecule has 0 saturated carbocycles.